The van der Waals surface area contributed by atoms with E-state index in [1.165, 1.54) is 44.1 Å². The molecule has 0 saturated heterocycles. The van der Waals surface area contributed by atoms with E-state index in [2.05, 4.69) is 19.9 Å². The monoisotopic (exact) mass is 330 g/mol. The highest BCUT2D eigenvalue weighted by molar-refractivity contribution is 5.42. The summed E-state index contributed by atoms with van der Waals surface area (Å²) in [5.74, 6) is 2.86. The van der Waals surface area contributed by atoms with Crippen LogP contribution >= 0.6 is 0 Å². The summed E-state index contributed by atoms with van der Waals surface area (Å²) in [5.41, 5.74) is 2.45. The number of rotatable bonds is 7. The lowest BCUT2D eigenvalue weighted by Gasteiger charge is -2.32. The second kappa shape index (κ2) is 7.91. The Hall–Kier alpha value is -1.02. The van der Waals surface area contributed by atoms with Crippen LogP contribution in [0.2, 0.25) is 0 Å². The number of fused-ring (bicyclic) bond motifs is 2. The van der Waals surface area contributed by atoms with Crippen molar-refractivity contribution in [3.8, 4) is 5.75 Å². The molecule has 0 radical (unpaired) electrons. The van der Waals surface area contributed by atoms with Crippen LogP contribution in [0.1, 0.15) is 69.9 Å². The number of aliphatic hydroxyl groups is 1. The largest absolute Gasteiger partial charge is 0.508 e. The predicted molar refractivity (Wildman–Crippen MR) is 99.1 cm³/mol. The molecule has 2 N–H and O–H groups in total. The van der Waals surface area contributed by atoms with Crippen LogP contribution in [-0.4, -0.2) is 16.3 Å². The van der Waals surface area contributed by atoms with Crippen molar-refractivity contribution in [3.63, 3.8) is 0 Å². The molecule has 0 heterocycles. The molecular formula is C22H34O2. The Bertz CT molecular complexity index is 539. The first kappa shape index (κ1) is 17.8. The minimum absolute atomic E-state index is 0.140. The summed E-state index contributed by atoms with van der Waals surface area (Å²) in [4.78, 5) is 0. The molecule has 0 aromatic heterocycles. The number of aromatic hydroxyl groups is 1. The average Bonchev–Trinajstić information content (AvgIpc) is 2.86. The summed E-state index contributed by atoms with van der Waals surface area (Å²) < 4.78 is 0. The third kappa shape index (κ3) is 3.79. The maximum atomic E-state index is 10.6. The Labute approximate surface area is 147 Å². The molecule has 0 bridgehead atoms. The van der Waals surface area contributed by atoms with Crippen molar-refractivity contribution in [1.29, 1.82) is 0 Å². The molecule has 1 fully saturated rings. The van der Waals surface area contributed by atoms with Gasteiger partial charge in [-0.15, -0.1) is 0 Å². The number of unbranched alkanes of at least 4 members (excludes halogenated alkanes) is 2. The number of aliphatic hydroxyl groups excluding tert-OH is 1. The third-order valence-corrected chi connectivity index (χ3v) is 6.66. The molecule has 134 valence electrons. The molecule has 2 nitrogen and oxygen atoms in total. The predicted octanol–water partition coefficient (Wildman–Crippen LogP) is 5.10. The lowest BCUT2D eigenvalue weighted by atomic mass is 9.73. The van der Waals surface area contributed by atoms with Crippen molar-refractivity contribution in [2.45, 2.75) is 77.7 Å². The van der Waals surface area contributed by atoms with Gasteiger partial charge >= 0.3 is 0 Å². The minimum Gasteiger partial charge on any atom is -0.508 e. The van der Waals surface area contributed by atoms with Gasteiger partial charge in [0.2, 0.25) is 0 Å². The van der Waals surface area contributed by atoms with E-state index >= 15 is 0 Å². The van der Waals surface area contributed by atoms with Crippen LogP contribution in [0.5, 0.6) is 5.75 Å². The first-order chi connectivity index (χ1) is 11.6. The molecular weight excluding hydrogens is 296 g/mol. The van der Waals surface area contributed by atoms with Crippen LogP contribution in [0.25, 0.3) is 0 Å². The molecule has 5 atom stereocenters. The van der Waals surface area contributed by atoms with Gasteiger partial charge in [0, 0.05) is 0 Å². The normalized spacial score (nSPS) is 30.0. The van der Waals surface area contributed by atoms with Crippen molar-refractivity contribution >= 4 is 0 Å². The summed E-state index contributed by atoms with van der Waals surface area (Å²) in [7, 11) is 0. The van der Waals surface area contributed by atoms with Gasteiger partial charge < -0.3 is 10.2 Å². The lowest BCUT2D eigenvalue weighted by molar-refractivity contribution is 0.106. The van der Waals surface area contributed by atoms with Gasteiger partial charge in [0.05, 0.1) is 6.10 Å². The van der Waals surface area contributed by atoms with Crippen molar-refractivity contribution in [1.82, 2.24) is 0 Å². The van der Waals surface area contributed by atoms with E-state index in [9.17, 15) is 10.2 Å². The highest BCUT2D eigenvalue weighted by Crippen LogP contribution is 2.48. The quantitative estimate of drug-likeness (QED) is 0.683. The molecule has 3 rings (SSSR count). The minimum atomic E-state index is -0.140. The Morgan fingerprint density at radius 1 is 1.17 bits per heavy atom. The van der Waals surface area contributed by atoms with Crippen LogP contribution in [0.4, 0.5) is 0 Å². The maximum absolute atomic E-state index is 10.6. The Balaban J connectivity index is 1.59. The summed E-state index contributed by atoms with van der Waals surface area (Å²) in [6.07, 6.45) is 10.5. The van der Waals surface area contributed by atoms with Crippen LogP contribution in [0.3, 0.4) is 0 Å². The molecule has 2 aliphatic rings. The standard InChI is InChI=1S/C22H34O2/c1-3-4-5-7-15(2)10-11-18-19-12-16-8-6-9-21(23)20(16)13-17(19)14-22(18)24/h6,8-9,15,17-19,22-24H,3-5,7,10-14H2,1-2H3/t15-,17+,18-,19+,22-/m1/s1. The second-order valence-electron chi connectivity index (χ2n) is 8.39. The van der Waals surface area contributed by atoms with Gasteiger partial charge in [-0.2, -0.15) is 0 Å². The maximum Gasteiger partial charge on any atom is 0.119 e. The summed E-state index contributed by atoms with van der Waals surface area (Å²) >= 11 is 0. The van der Waals surface area contributed by atoms with Gasteiger partial charge in [0.15, 0.2) is 0 Å². The van der Waals surface area contributed by atoms with Crippen LogP contribution in [0.15, 0.2) is 18.2 Å². The zero-order chi connectivity index (χ0) is 17.1. The zero-order valence-electron chi connectivity index (χ0n) is 15.4. The molecule has 1 saturated carbocycles. The van der Waals surface area contributed by atoms with E-state index < -0.39 is 0 Å². The van der Waals surface area contributed by atoms with Gasteiger partial charge in [-0.05, 0) is 66.5 Å². The van der Waals surface area contributed by atoms with E-state index in [0.29, 0.717) is 23.5 Å². The second-order valence-corrected chi connectivity index (χ2v) is 8.39. The molecule has 24 heavy (non-hydrogen) atoms. The van der Waals surface area contributed by atoms with E-state index in [4.69, 9.17) is 0 Å². The first-order valence-corrected chi connectivity index (χ1v) is 10.1. The number of benzene rings is 1. The smallest absolute Gasteiger partial charge is 0.119 e. The average molecular weight is 331 g/mol. The fraction of sp³-hybridized carbons (Fsp3) is 0.727. The Morgan fingerprint density at radius 3 is 2.79 bits per heavy atom. The van der Waals surface area contributed by atoms with E-state index in [1.807, 2.05) is 6.07 Å². The fourth-order valence-electron chi connectivity index (χ4n) is 5.18. The molecule has 2 heteroatoms. The highest BCUT2D eigenvalue weighted by Gasteiger charge is 2.44. The topological polar surface area (TPSA) is 40.5 Å². The van der Waals surface area contributed by atoms with Crippen LogP contribution in [-0.2, 0) is 12.8 Å². The fourth-order valence-corrected chi connectivity index (χ4v) is 5.18. The number of hydrogen-bond acceptors (Lipinski definition) is 2. The number of phenols is 1. The highest BCUT2D eigenvalue weighted by atomic mass is 16.3. The van der Waals surface area contributed by atoms with Gasteiger partial charge in [-0.1, -0.05) is 58.1 Å². The molecule has 0 aliphatic heterocycles. The van der Waals surface area contributed by atoms with E-state index in [-0.39, 0.29) is 6.10 Å². The van der Waals surface area contributed by atoms with Crippen molar-refractivity contribution < 1.29 is 10.2 Å². The van der Waals surface area contributed by atoms with Crippen LogP contribution in [0, 0.1) is 23.7 Å². The molecule has 0 unspecified atom stereocenters. The molecule has 2 aliphatic carbocycles. The summed E-state index contributed by atoms with van der Waals surface area (Å²) in [6.45, 7) is 4.64. The van der Waals surface area contributed by atoms with Gasteiger partial charge in [-0.25, -0.2) is 0 Å². The van der Waals surface area contributed by atoms with Gasteiger partial charge in [-0.3, -0.25) is 0 Å². The molecule has 1 aromatic rings. The number of phenolic OH excluding ortho intramolecular Hbond substituents is 1. The Morgan fingerprint density at radius 2 is 2.00 bits per heavy atom. The third-order valence-electron chi connectivity index (χ3n) is 6.66. The first-order valence-electron chi connectivity index (χ1n) is 10.1. The SMILES string of the molecule is CCCCC[C@@H](C)CC[C@@H]1[C@H]2Cc3cccc(O)c3C[C@H]2C[C@H]1O. The van der Waals surface area contributed by atoms with E-state index in [0.717, 1.165) is 30.7 Å². The summed E-state index contributed by atoms with van der Waals surface area (Å²) in [5, 5.41) is 20.8. The number of hydrogen-bond donors (Lipinski definition) is 2. The summed E-state index contributed by atoms with van der Waals surface area (Å²) in [6, 6.07) is 5.94. The van der Waals surface area contributed by atoms with Crippen molar-refractivity contribution in [2.24, 2.45) is 23.7 Å². The van der Waals surface area contributed by atoms with Gasteiger partial charge in [0.25, 0.3) is 0 Å². The lowest BCUT2D eigenvalue weighted by Crippen LogP contribution is -2.27. The molecule has 1 aromatic carbocycles. The van der Waals surface area contributed by atoms with Crippen LogP contribution < -0.4 is 0 Å². The van der Waals surface area contributed by atoms with E-state index in [1.54, 1.807) is 6.07 Å². The zero-order valence-corrected chi connectivity index (χ0v) is 15.4. The molecule has 0 spiro atoms. The van der Waals surface area contributed by atoms with Crippen molar-refractivity contribution in [2.75, 3.05) is 0 Å². The van der Waals surface area contributed by atoms with Crippen molar-refractivity contribution in [3.05, 3.63) is 29.3 Å². The Kier molecular flexibility index (Phi) is 5.86. The van der Waals surface area contributed by atoms with Gasteiger partial charge in [0.1, 0.15) is 5.75 Å². The molecule has 0 amide bonds.